The molecule has 0 aliphatic heterocycles. The molecule has 3 aromatic rings. The van der Waals surface area contributed by atoms with Crippen molar-refractivity contribution in [2.24, 2.45) is 0 Å². The third-order valence-corrected chi connectivity index (χ3v) is 4.88. The van der Waals surface area contributed by atoms with Crippen LogP contribution >= 0.6 is 23.1 Å². The number of hydrogen-bond acceptors (Lipinski definition) is 7. The van der Waals surface area contributed by atoms with Crippen molar-refractivity contribution in [1.82, 2.24) is 15.2 Å². The number of hydrogen-bond donors (Lipinski definition) is 1. The van der Waals surface area contributed by atoms with Gasteiger partial charge in [-0.2, -0.15) is 0 Å². The molecule has 0 atom stereocenters. The van der Waals surface area contributed by atoms with Crippen molar-refractivity contribution in [1.29, 1.82) is 0 Å². The standard InChI is InChI=1S/C15H14N4OS2/c1-20-13-7-3-2-6-12(13)17-14-18-19-15(22-14)21-10-11-5-4-8-16-9-11/h2-9H,10H2,1H3,(H,17,18). The maximum Gasteiger partial charge on any atom is 0.210 e. The molecule has 1 aromatic carbocycles. The number of anilines is 2. The molecular formula is C15H14N4OS2. The van der Waals surface area contributed by atoms with Crippen LogP contribution in [-0.4, -0.2) is 22.3 Å². The summed E-state index contributed by atoms with van der Waals surface area (Å²) in [6.07, 6.45) is 3.64. The van der Waals surface area contributed by atoms with E-state index in [2.05, 4.69) is 26.6 Å². The van der Waals surface area contributed by atoms with Crippen molar-refractivity contribution >= 4 is 33.9 Å². The molecule has 7 heteroatoms. The van der Waals surface area contributed by atoms with Crippen LogP contribution in [0.1, 0.15) is 5.56 Å². The average molecular weight is 330 g/mol. The zero-order chi connectivity index (χ0) is 15.2. The molecule has 0 unspecified atom stereocenters. The van der Waals surface area contributed by atoms with Gasteiger partial charge in [-0.25, -0.2) is 0 Å². The third-order valence-electron chi connectivity index (χ3n) is 2.84. The minimum absolute atomic E-state index is 0.748. The van der Waals surface area contributed by atoms with Crippen molar-refractivity contribution in [2.45, 2.75) is 10.1 Å². The molecule has 0 fully saturated rings. The monoisotopic (exact) mass is 330 g/mol. The zero-order valence-electron chi connectivity index (χ0n) is 11.9. The van der Waals surface area contributed by atoms with Crippen molar-refractivity contribution < 1.29 is 4.74 Å². The molecule has 1 N–H and O–H groups in total. The number of rotatable bonds is 6. The predicted octanol–water partition coefficient (Wildman–Crippen LogP) is 3.98. The topological polar surface area (TPSA) is 59.9 Å². The van der Waals surface area contributed by atoms with Crippen molar-refractivity contribution in [3.63, 3.8) is 0 Å². The molecule has 22 heavy (non-hydrogen) atoms. The first kappa shape index (κ1) is 14.8. The number of para-hydroxylation sites is 2. The summed E-state index contributed by atoms with van der Waals surface area (Å²) in [4.78, 5) is 4.10. The summed E-state index contributed by atoms with van der Waals surface area (Å²) < 4.78 is 6.23. The fourth-order valence-corrected chi connectivity index (χ4v) is 3.51. The van der Waals surface area contributed by atoms with E-state index in [-0.39, 0.29) is 0 Å². The molecule has 0 saturated heterocycles. The molecule has 2 aromatic heterocycles. The second-order valence-corrected chi connectivity index (χ2v) is 6.55. The number of nitrogens with zero attached hydrogens (tertiary/aromatic N) is 3. The Morgan fingerprint density at radius 3 is 2.91 bits per heavy atom. The predicted molar refractivity (Wildman–Crippen MR) is 90.0 cm³/mol. The number of pyridine rings is 1. The van der Waals surface area contributed by atoms with Gasteiger partial charge in [-0.05, 0) is 23.8 Å². The van der Waals surface area contributed by atoms with Gasteiger partial charge in [0.1, 0.15) is 5.75 Å². The smallest absolute Gasteiger partial charge is 0.210 e. The van der Waals surface area contributed by atoms with Crippen LogP contribution in [0.3, 0.4) is 0 Å². The number of benzene rings is 1. The minimum Gasteiger partial charge on any atom is -0.495 e. The quantitative estimate of drug-likeness (QED) is 0.690. The van der Waals surface area contributed by atoms with Gasteiger partial charge in [0.15, 0.2) is 4.34 Å². The molecule has 3 rings (SSSR count). The molecular weight excluding hydrogens is 316 g/mol. The van der Waals surface area contributed by atoms with Gasteiger partial charge in [0.25, 0.3) is 0 Å². The SMILES string of the molecule is COc1ccccc1Nc1nnc(SCc2cccnc2)s1. The number of aromatic nitrogens is 3. The van der Waals surface area contributed by atoms with Crippen molar-refractivity contribution in [2.75, 3.05) is 12.4 Å². The van der Waals surface area contributed by atoms with E-state index in [0.29, 0.717) is 0 Å². The van der Waals surface area contributed by atoms with Crippen LogP contribution in [0.4, 0.5) is 10.8 Å². The number of ether oxygens (including phenoxy) is 1. The normalized spacial score (nSPS) is 10.4. The van der Waals surface area contributed by atoms with Gasteiger partial charge in [-0.15, -0.1) is 10.2 Å². The second-order valence-electron chi connectivity index (χ2n) is 4.35. The lowest BCUT2D eigenvalue weighted by Crippen LogP contribution is -1.93. The Morgan fingerprint density at radius 2 is 2.09 bits per heavy atom. The van der Waals surface area contributed by atoms with E-state index in [4.69, 9.17) is 4.74 Å². The highest BCUT2D eigenvalue weighted by Gasteiger charge is 2.08. The first-order valence-electron chi connectivity index (χ1n) is 6.60. The van der Waals surface area contributed by atoms with E-state index >= 15 is 0 Å². The van der Waals surface area contributed by atoms with Gasteiger partial charge in [-0.3, -0.25) is 4.98 Å². The summed E-state index contributed by atoms with van der Waals surface area (Å²) in [7, 11) is 1.65. The summed E-state index contributed by atoms with van der Waals surface area (Å²) in [5.41, 5.74) is 2.05. The van der Waals surface area contributed by atoms with Gasteiger partial charge in [0.2, 0.25) is 5.13 Å². The van der Waals surface area contributed by atoms with Gasteiger partial charge in [0.05, 0.1) is 12.8 Å². The summed E-state index contributed by atoms with van der Waals surface area (Å²) in [6.45, 7) is 0. The molecule has 0 spiro atoms. The first-order chi connectivity index (χ1) is 10.8. The Kier molecular flexibility index (Phi) is 4.87. The van der Waals surface area contributed by atoms with Crippen LogP contribution in [0.2, 0.25) is 0 Å². The fraction of sp³-hybridized carbons (Fsp3) is 0.133. The van der Waals surface area contributed by atoms with Crippen LogP contribution in [0, 0.1) is 0 Å². The minimum atomic E-state index is 0.748. The molecule has 0 aliphatic rings. The number of methoxy groups -OCH3 is 1. The van der Waals surface area contributed by atoms with E-state index in [0.717, 1.165) is 26.7 Å². The maximum absolute atomic E-state index is 5.31. The maximum atomic E-state index is 5.31. The zero-order valence-corrected chi connectivity index (χ0v) is 13.5. The van der Waals surface area contributed by atoms with E-state index in [1.807, 2.05) is 36.5 Å². The molecule has 0 bridgehead atoms. The molecule has 112 valence electrons. The Labute approximate surface area is 136 Å². The van der Waals surface area contributed by atoms with Crippen LogP contribution in [0.5, 0.6) is 5.75 Å². The highest BCUT2D eigenvalue weighted by atomic mass is 32.2. The Hall–Kier alpha value is -2.12. The lowest BCUT2D eigenvalue weighted by molar-refractivity contribution is 0.417. The van der Waals surface area contributed by atoms with Crippen molar-refractivity contribution in [3.8, 4) is 5.75 Å². The lowest BCUT2D eigenvalue weighted by Gasteiger charge is -2.07. The average Bonchev–Trinajstić information content (AvgIpc) is 3.02. The first-order valence-corrected chi connectivity index (χ1v) is 8.40. The van der Waals surface area contributed by atoms with Gasteiger partial charge in [-0.1, -0.05) is 41.3 Å². The van der Waals surface area contributed by atoms with Gasteiger partial charge >= 0.3 is 0 Å². The summed E-state index contributed by atoms with van der Waals surface area (Å²) >= 11 is 3.17. The lowest BCUT2D eigenvalue weighted by atomic mass is 10.3. The highest BCUT2D eigenvalue weighted by molar-refractivity contribution is 8.00. The van der Waals surface area contributed by atoms with Crippen LogP contribution in [-0.2, 0) is 5.75 Å². The summed E-state index contributed by atoms with van der Waals surface area (Å²) in [5.74, 6) is 1.61. The Morgan fingerprint density at radius 1 is 1.18 bits per heavy atom. The number of thioether (sulfide) groups is 1. The van der Waals surface area contributed by atoms with E-state index in [1.165, 1.54) is 16.9 Å². The fourth-order valence-electron chi connectivity index (χ4n) is 1.81. The van der Waals surface area contributed by atoms with Crippen molar-refractivity contribution in [3.05, 3.63) is 54.4 Å². The molecule has 0 amide bonds. The summed E-state index contributed by atoms with van der Waals surface area (Å²) in [5, 5.41) is 12.3. The van der Waals surface area contributed by atoms with Gasteiger partial charge < -0.3 is 10.1 Å². The number of nitrogens with one attached hydrogen (secondary N) is 1. The molecule has 2 heterocycles. The largest absolute Gasteiger partial charge is 0.495 e. The van der Waals surface area contributed by atoms with Crippen LogP contribution < -0.4 is 10.1 Å². The Balaban J connectivity index is 1.64. The van der Waals surface area contributed by atoms with Crippen LogP contribution in [0.25, 0.3) is 0 Å². The summed E-state index contributed by atoms with van der Waals surface area (Å²) in [6, 6.07) is 11.7. The highest BCUT2D eigenvalue weighted by Crippen LogP contribution is 2.32. The second kappa shape index (κ2) is 7.24. The van der Waals surface area contributed by atoms with E-state index in [1.54, 1.807) is 25.1 Å². The molecule has 0 radical (unpaired) electrons. The van der Waals surface area contributed by atoms with E-state index < -0.39 is 0 Å². The molecule has 0 aliphatic carbocycles. The Bertz CT molecular complexity index is 733. The van der Waals surface area contributed by atoms with Gasteiger partial charge in [0, 0.05) is 18.1 Å². The molecule has 5 nitrogen and oxygen atoms in total. The molecule has 0 saturated carbocycles. The van der Waals surface area contributed by atoms with E-state index in [9.17, 15) is 0 Å². The van der Waals surface area contributed by atoms with Crippen LogP contribution in [0.15, 0.2) is 53.1 Å². The third kappa shape index (κ3) is 3.75.